The normalized spacial score (nSPS) is 14.9. The van der Waals surface area contributed by atoms with Crippen LogP contribution in [0.4, 0.5) is 0 Å². The van der Waals surface area contributed by atoms with Gasteiger partial charge in [0.25, 0.3) is 0 Å². The van der Waals surface area contributed by atoms with Gasteiger partial charge in [0.05, 0.1) is 0 Å². The summed E-state index contributed by atoms with van der Waals surface area (Å²) in [7, 11) is 3.16. The first-order valence-electron chi connectivity index (χ1n) is 16.6. The molecule has 260 valence electrons. The fourth-order valence-corrected chi connectivity index (χ4v) is 5.91. The molecule has 48 heavy (non-hydrogen) atoms. The summed E-state index contributed by atoms with van der Waals surface area (Å²) in [6.07, 6.45) is 5.76. The van der Waals surface area contributed by atoms with Crippen LogP contribution in [0.15, 0.2) is 59.6 Å². The lowest BCUT2D eigenvalue weighted by atomic mass is 9.83. The molecule has 1 aliphatic rings. The van der Waals surface area contributed by atoms with Gasteiger partial charge < -0.3 is 38.1 Å². The second-order valence-electron chi connectivity index (χ2n) is 12.5. The molecule has 0 bridgehead atoms. The van der Waals surface area contributed by atoms with Crippen molar-refractivity contribution in [2.75, 3.05) is 27.2 Å². The van der Waals surface area contributed by atoms with E-state index < -0.39 is 35.7 Å². The first kappa shape index (κ1) is 37.5. The van der Waals surface area contributed by atoms with Crippen LogP contribution in [-0.2, 0) is 32.0 Å². The van der Waals surface area contributed by atoms with Gasteiger partial charge >= 0.3 is 0 Å². The molecule has 0 spiro atoms. The van der Waals surface area contributed by atoms with E-state index >= 15 is 0 Å². The van der Waals surface area contributed by atoms with Gasteiger partial charge in [0, 0.05) is 32.7 Å². The van der Waals surface area contributed by atoms with Crippen LogP contribution in [0.5, 0.6) is 0 Å². The Morgan fingerprint density at radius 2 is 1.54 bits per heavy atom. The molecule has 0 radical (unpaired) electrons. The molecule has 10 N–H and O–H groups in total. The largest absolute Gasteiger partial charge is 0.384 e. The number of carbonyl (C=O) groups is 4. The van der Waals surface area contributed by atoms with Crippen LogP contribution in [0.25, 0.3) is 0 Å². The summed E-state index contributed by atoms with van der Waals surface area (Å²) in [4.78, 5) is 59.9. The van der Waals surface area contributed by atoms with Crippen molar-refractivity contribution in [2.24, 2.45) is 34.0 Å². The SMILES string of the molecule is CN(C)C(=O)C(Cc1ccc(C(=N)N)cc1)C(=O)N[C@H](C(=O)NC(CCCN=C(N)N)C(=O)NCCc1ccccc1)C1CCCCC1. The van der Waals surface area contributed by atoms with Gasteiger partial charge in [0.2, 0.25) is 23.6 Å². The second kappa shape index (κ2) is 19.0. The summed E-state index contributed by atoms with van der Waals surface area (Å²) in [6, 6.07) is 14.7. The highest BCUT2D eigenvalue weighted by Gasteiger charge is 2.37. The predicted octanol–water partition coefficient (Wildman–Crippen LogP) is 1.18. The molecule has 1 saturated carbocycles. The number of benzene rings is 2. The Labute approximate surface area is 283 Å². The van der Waals surface area contributed by atoms with Crippen LogP contribution >= 0.6 is 0 Å². The Balaban J connectivity index is 1.80. The molecule has 0 aliphatic heterocycles. The molecule has 0 aromatic heterocycles. The average molecular weight is 662 g/mol. The third-order valence-corrected chi connectivity index (χ3v) is 8.60. The molecule has 1 aliphatic carbocycles. The molecule has 1 fully saturated rings. The molecule has 13 nitrogen and oxygen atoms in total. The minimum absolute atomic E-state index is 0.0559. The Bertz CT molecular complexity index is 1400. The lowest BCUT2D eigenvalue weighted by Gasteiger charge is -2.32. The quantitative estimate of drug-likeness (QED) is 0.0567. The number of nitrogen functional groups attached to an aromatic ring is 1. The maximum atomic E-state index is 14.0. The Morgan fingerprint density at radius 3 is 2.15 bits per heavy atom. The van der Waals surface area contributed by atoms with Crippen LogP contribution in [-0.4, -0.2) is 79.6 Å². The van der Waals surface area contributed by atoms with Crippen LogP contribution < -0.4 is 33.2 Å². The number of hydrogen-bond acceptors (Lipinski definition) is 6. The highest BCUT2D eigenvalue weighted by atomic mass is 16.2. The van der Waals surface area contributed by atoms with Crippen molar-refractivity contribution < 1.29 is 19.2 Å². The minimum Gasteiger partial charge on any atom is -0.384 e. The van der Waals surface area contributed by atoms with Crippen molar-refractivity contribution in [2.45, 2.75) is 69.9 Å². The number of amidine groups is 1. The summed E-state index contributed by atoms with van der Waals surface area (Å²) >= 11 is 0. The fourth-order valence-electron chi connectivity index (χ4n) is 5.91. The molecule has 0 heterocycles. The average Bonchev–Trinajstić information content (AvgIpc) is 3.07. The van der Waals surface area contributed by atoms with E-state index in [4.69, 9.17) is 22.6 Å². The summed E-state index contributed by atoms with van der Waals surface area (Å²) in [5, 5.41) is 16.4. The van der Waals surface area contributed by atoms with E-state index in [9.17, 15) is 19.2 Å². The van der Waals surface area contributed by atoms with E-state index in [1.54, 1.807) is 38.4 Å². The number of rotatable bonds is 17. The van der Waals surface area contributed by atoms with Crippen molar-refractivity contribution >= 4 is 35.4 Å². The van der Waals surface area contributed by atoms with Crippen molar-refractivity contribution in [1.82, 2.24) is 20.9 Å². The van der Waals surface area contributed by atoms with Crippen LogP contribution in [0, 0.1) is 17.2 Å². The molecule has 4 amide bonds. The molecule has 2 unspecified atom stereocenters. The number of amides is 4. The number of nitrogens with zero attached hydrogens (tertiary/aromatic N) is 2. The third-order valence-electron chi connectivity index (χ3n) is 8.60. The van der Waals surface area contributed by atoms with E-state index in [0.29, 0.717) is 30.5 Å². The van der Waals surface area contributed by atoms with E-state index in [0.717, 1.165) is 37.7 Å². The number of nitrogens with one attached hydrogen (secondary N) is 4. The molecule has 13 heteroatoms. The number of carbonyl (C=O) groups excluding carboxylic acids is 4. The summed E-state index contributed by atoms with van der Waals surface area (Å²) in [5.41, 5.74) is 18.8. The van der Waals surface area contributed by atoms with Crippen molar-refractivity contribution in [3.05, 3.63) is 71.3 Å². The number of guanidine groups is 1. The first-order chi connectivity index (χ1) is 23.0. The van der Waals surface area contributed by atoms with Gasteiger partial charge in [-0.05, 0) is 55.6 Å². The molecular formula is C35H51N9O4. The molecule has 0 saturated heterocycles. The van der Waals surface area contributed by atoms with Gasteiger partial charge in [-0.25, -0.2) is 0 Å². The van der Waals surface area contributed by atoms with Crippen LogP contribution in [0.3, 0.4) is 0 Å². The van der Waals surface area contributed by atoms with Gasteiger partial charge in [0.15, 0.2) is 5.96 Å². The lowest BCUT2D eigenvalue weighted by Crippen LogP contribution is -2.58. The van der Waals surface area contributed by atoms with E-state index in [-0.39, 0.29) is 43.0 Å². The Morgan fingerprint density at radius 1 is 0.875 bits per heavy atom. The van der Waals surface area contributed by atoms with Gasteiger partial charge in [0.1, 0.15) is 23.8 Å². The fraction of sp³-hybridized carbons (Fsp3) is 0.486. The van der Waals surface area contributed by atoms with E-state index in [1.165, 1.54) is 4.90 Å². The van der Waals surface area contributed by atoms with E-state index in [1.807, 2.05) is 30.3 Å². The topological polar surface area (TPSA) is 222 Å². The zero-order valence-corrected chi connectivity index (χ0v) is 28.0. The van der Waals surface area contributed by atoms with Gasteiger partial charge in [-0.15, -0.1) is 0 Å². The Kier molecular flexibility index (Phi) is 14.9. The summed E-state index contributed by atoms with van der Waals surface area (Å²) < 4.78 is 0. The standard InChI is InChI=1S/C35H51N9O4/c1-44(2)34(48)27(22-24-15-17-26(18-16-24)30(36)37)31(45)43-29(25-12-7-4-8-13-25)33(47)42-28(14-9-20-41-35(38)39)32(46)40-21-19-23-10-5-3-6-11-23/h3,5-6,10-11,15-18,25,27-29H,4,7-9,12-14,19-22H2,1-2H3,(H3,36,37)(H,40,46)(H,42,47)(H,43,45)(H4,38,39,41)/t27?,28?,29-/m0/s1. The minimum atomic E-state index is -1.10. The molecular weight excluding hydrogens is 610 g/mol. The van der Waals surface area contributed by atoms with Crippen molar-refractivity contribution in [1.29, 1.82) is 5.41 Å². The Hall–Kier alpha value is -4.94. The monoisotopic (exact) mass is 661 g/mol. The maximum Gasteiger partial charge on any atom is 0.243 e. The van der Waals surface area contributed by atoms with Gasteiger partial charge in [-0.3, -0.25) is 29.6 Å². The second-order valence-corrected chi connectivity index (χ2v) is 12.5. The summed E-state index contributed by atoms with van der Waals surface area (Å²) in [5.74, 6) is -3.17. The smallest absolute Gasteiger partial charge is 0.243 e. The van der Waals surface area contributed by atoms with Crippen LogP contribution in [0.1, 0.15) is 61.6 Å². The predicted molar refractivity (Wildman–Crippen MR) is 187 cm³/mol. The molecule has 3 atom stereocenters. The van der Waals surface area contributed by atoms with Gasteiger partial charge in [-0.1, -0.05) is 73.9 Å². The first-order valence-corrected chi connectivity index (χ1v) is 16.6. The molecule has 3 rings (SSSR count). The zero-order chi connectivity index (χ0) is 35.1. The lowest BCUT2D eigenvalue weighted by molar-refractivity contribution is -0.142. The molecule has 2 aromatic carbocycles. The maximum absolute atomic E-state index is 14.0. The van der Waals surface area contributed by atoms with Crippen molar-refractivity contribution in [3.8, 4) is 0 Å². The number of nitrogens with two attached hydrogens (primary N) is 3. The highest BCUT2D eigenvalue weighted by Crippen LogP contribution is 2.27. The van der Waals surface area contributed by atoms with Crippen molar-refractivity contribution in [3.63, 3.8) is 0 Å². The highest BCUT2D eigenvalue weighted by molar-refractivity contribution is 6.02. The molecule has 2 aromatic rings. The summed E-state index contributed by atoms with van der Waals surface area (Å²) in [6.45, 7) is 0.671. The zero-order valence-electron chi connectivity index (χ0n) is 28.0. The number of aliphatic imine (C=N–C) groups is 1. The van der Waals surface area contributed by atoms with Crippen LogP contribution in [0.2, 0.25) is 0 Å². The number of hydrogen-bond donors (Lipinski definition) is 7. The van der Waals surface area contributed by atoms with Gasteiger partial charge in [-0.2, -0.15) is 0 Å². The van der Waals surface area contributed by atoms with E-state index in [2.05, 4.69) is 20.9 Å². The third kappa shape index (κ3) is 12.0.